The molecule has 2 rings (SSSR count). The SMILES string of the molecule is CC[C@@H](C(=O)OCC(=O)NC(=O)c1cccs1)c1ccccc1. The van der Waals surface area contributed by atoms with Gasteiger partial charge in [-0.15, -0.1) is 11.3 Å². The molecule has 0 aliphatic heterocycles. The summed E-state index contributed by atoms with van der Waals surface area (Å²) in [5, 5.41) is 3.93. The molecule has 0 saturated heterocycles. The van der Waals surface area contributed by atoms with Gasteiger partial charge in [0.25, 0.3) is 11.8 Å². The van der Waals surface area contributed by atoms with Crippen LogP contribution in [0.25, 0.3) is 0 Å². The molecule has 2 amide bonds. The Morgan fingerprint density at radius 2 is 1.87 bits per heavy atom. The van der Waals surface area contributed by atoms with Crippen LogP contribution in [0.3, 0.4) is 0 Å². The third-order valence-corrected chi connectivity index (χ3v) is 4.11. The fraction of sp³-hybridized carbons (Fsp3) is 0.235. The Hall–Kier alpha value is -2.47. The first kappa shape index (κ1) is 16.9. The number of imide groups is 1. The van der Waals surface area contributed by atoms with Gasteiger partial charge in [0.15, 0.2) is 6.61 Å². The van der Waals surface area contributed by atoms with Crippen molar-refractivity contribution < 1.29 is 19.1 Å². The van der Waals surface area contributed by atoms with Gasteiger partial charge >= 0.3 is 5.97 Å². The minimum absolute atomic E-state index is 0.419. The molecule has 0 aliphatic rings. The normalized spacial score (nSPS) is 11.5. The molecule has 23 heavy (non-hydrogen) atoms. The van der Waals surface area contributed by atoms with E-state index in [2.05, 4.69) is 5.32 Å². The largest absolute Gasteiger partial charge is 0.455 e. The molecule has 1 atom stereocenters. The molecule has 1 N–H and O–H groups in total. The smallest absolute Gasteiger partial charge is 0.313 e. The van der Waals surface area contributed by atoms with E-state index in [9.17, 15) is 14.4 Å². The lowest BCUT2D eigenvalue weighted by molar-refractivity contribution is -0.149. The average Bonchev–Trinajstić information content (AvgIpc) is 3.09. The Balaban J connectivity index is 1.85. The quantitative estimate of drug-likeness (QED) is 0.826. The highest BCUT2D eigenvalue weighted by Crippen LogP contribution is 2.20. The van der Waals surface area contributed by atoms with Crippen molar-refractivity contribution in [3.8, 4) is 0 Å². The van der Waals surface area contributed by atoms with Crippen molar-refractivity contribution in [2.75, 3.05) is 6.61 Å². The summed E-state index contributed by atoms with van der Waals surface area (Å²) >= 11 is 1.23. The molecule has 1 aromatic heterocycles. The standard InChI is InChI=1S/C17H17NO4S/c1-2-13(12-7-4-3-5-8-12)17(21)22-11-15(19)18-16(20)14-9-6-10-23-14/h3-10,13H,2,11H2,1H3,(H,18,19,20)/t13-/m1/s1. The first-order valence-corrected chi connectivity index (χ1v) is 8.09. The number of esters is 1. The van der Waals surface area contributed by atoms with Gasteiger partial charge in [0.2, 0.25) is 0 Å². The number of carbonyl (C=O) groups is 3. The molecule has 0 radical (unpaired) electrons. The maximum absolute atomic E-state index is 12.1. The van der Waals surface area contributed by atoms with Crippen LogP contribution in [-0.2, 0) is 14.3 Å². The van der Waals surface area contributed by atoms with Crippen LogP contribution in [0.15, 0.2) is 47.8 Å². The average molecular weight is 331 g/mol. The number of thiophene rings is 1. The number of carbonyl (C=O) groups excluding carboxylic acids is 3. The van der Waals surface area contributed by atoms with Gasteiger partial charge < -0.3 is 4.74 Å². The van der Waals surface area contributed by atoms with Crippen LogP contribution in [0.4, 0.5) is 0 Å². The Bertz CT molecular complexity index is 667. The number of hydrogen-bond donors (Lipinski definition) is 1. The van der Waals surface area contributed by atoms with Crippen LogP contribution in [0.5, 0.6) is 0 Å². The van der Waals surface area contributed by atoms with Gasteiger partial charge in [-0.1, -0.05) is 43.3 Å². The topological polar surface area (TPSA) is 72.5 Å². The molecule has 1 heterocycles. The van der Waals surface area contributed by atoms with Gasteiger partial charge in [0.05, 0.1) is 10.8 Å². The molecule has 0 saturated carbocycles. The van der Waals surface area contributed by atoms with Gasteiger partial charge in [-0.25, -0.2) is 0 Å². The van der Waals surface area contributed by atoms with E-state index < -0.39 is 30.3 Å². The summed E-state index contributed by atoms with van der Waals surface area (Å²) < 4.78 is 5.03. The molecule has 0 bridgehead atoms. The maximum Gasteiger partial charge on any atom is 0.313 e. The van der Waals surface area contributed by atoms with E-state index in [0.29, 0.717) is 11.3 Å². The predicted octanol–water partition coefficient (Wildman–Crippen LogP) is 2.74. The zero-order chi connectivity index (χ0) is 16.7. The number of amides is 2. The van der Waals surface area contributed by atoms with E-state index in [4.69, 9.17) is 4.74 Å². The molecule has 1 aromatic carbocycles. The van der Waals surface area contributed by atoms with Crippen LogP contribution in [0.2, 0.25) is 0 Å². The van der Waals surface area contributed by atoms with Crippen LogP contribution < -0.4 is 5.32 Å². The van der Waals surface area contributed by atoms with E-state index in [1.807, 2.05) is 37.3 Å². The summed E-state index contributed by atoms with van der Waals surface area (Å²) in [5.74, 6) is -2.02. The Morgan fingerprint density at radius 1 is 1.13 bits per heavy atom. The number of ether oxygens (including phenoxy) is 1. The monoisotopic (exact) mass is 331 g/mol. The van der Waals surface area contributed by atoms with E-state index >= 15 is 0 Å². The van der Waals surface area contributed by atoms with Crippen molar-refractivity contribution in [2.24, 2.45) is 0 Å². The number of rotatable bonds is 6. The number of hydrogen-bond acceptors (Lipinski definition) is 5. The van der Waals surface area contributed by atoms with Gasteiger partial charge in [0, 0.05) is 0 Å². The van der Waals surface area contributed by atoms with Crippen LogP contribution in [0, 0.1) is 0 Å². The lowest BCUT2D eigenvalue weighted by Gasteiger charge is -2.14. The van der Waals surface area contributed by atoms with Crippen molar-refractivity contribution in [2.45, 2.75) is 19.3 Å². The molecular formula is C17H17NO4S. The predicted molar refractivity (Wildman–Crippen MR) is 87.2 cm³/mol. The van der Waals surface area contributed by atoms with Crippen molar-refractivity contribution in [3.05, 3.63) is 58.3 Å². The second-order valence-corrected chi connectivity index (χ2v) is 5.78. The van der Waals surface area contributed by atoms with Crippen molar-refractivity contribution >= 4 is 29.1 Å². The Kier molecular flexibility index (Phi) is 6.05. The molecular weight excluding hydrogens is 314 g/mol. The summed E-state index contributed by atoms with van der Waals surface area (Å²) in [5.41, 5.74) is 0.843. The molecule has 0 spiro atoms. The number of benzene rings is 1. The summed E-state index contributed by atoms with van der Waals surface area (Å²) in [6, 6.07) is 12.6. The fourth-order valence-corrected chi connectivity index (χ4v) is 2.71. The molecule has 6 heteroatoms. The van der Waals surface area contributed by atoms with E-state index in [-0.39, 0.29) is 0 Å². The number of nitrogens with one attached hydrogen (secondary N) is 1. The molecule has 0 fully saturated rings. The van der Waals surface area contributed by atoms with Crippen LogP contribution in [0.1, 0.15) is 34.5 Å². The highest BCUT2D eigenvalue weighted by atomic mass is 32.1. The summed E-state index contributed by atoms with van der Waals surface area (Å²) in [4.78, 5) is 35.9. The second-order valence-electron chi connectivity index (χ2n) is 4.83. The van der Waals surface area contributed by atoms with E-state index in [0.717, 1.165) is 5.56 Å². The third-order valence-electron chi connectivity index (χ3n) is 3.24. The molecule has 2 aromatic rings. The van der Waals surface area contributed by atoms with Crippen molar-refractivity contribution in [1.29, 1.82) is 0 Å². The first-order valence-electron chi connectivity index (χ1n) is 7.21. The van der Waals surface area contributed by atoms with Crippen molar-refractivity contribution in [1.82, 2.24) is 5.32 Å². The van der Waals surface area contributed by atoms with Gasteiger partial charge in [-0.3, -0.25) is 19.7 Å². The van der Waals surface area contributed by atoms with Gasteiger partial charge in [-0.05, 0) is 23.4 Å². The molecule has 0 aliphatic carbocycles. The Morgan fingerprint density at radius 3 is 2.48 bits per heavy atom. The zero-order valence-corrected chi connectivity index (χ0v) is 13.5. The van der Waals surface area contributed by atoms with Crippen LogP contribution >= 0.6 is 11.3 Å². The highest BCUT2D eigenvalue weighted by Gasteiger charge is 2.21. The third kappa shape index (κ3) is 4.75. The molecule has 120 valence electrons. The second kappa shape index (κ2) is 8.24. The molecule has 0 unspecified atom stereocenters. The zero-order valence-electron chi connectivity index (χ0n) is 12.7. The minimum Gasteiger partial charge on any atom is -0.455 e. The van der Waals surface area contributed by atoms with Gasteiger partial charge in [0.1, 0.15) is 0 Å². The molecule has 5 nitrogen and oxygen atoms in total. The maximum atomic E-state index is 12.1. The lowest BCUT2D eigenvalue weighted by Crippen LogP contribution is -2.34. The van der Waals surface area contributed by atoms with Crippen LogP contribution in [-0.4, -0.2) is 24.4 Å². The summed E-state index contributed by atoms with van der Waals surface area (Å²) in [6.45, 7) is 1.40. The summed E-state index contributed by atoms with van der Waals surface area (Å²) in [6.07, 6.45) is 0.568. The lowest BCUT2D eigenvalue weighted by atomic mass is 9.97. The Labute approximate surface area is 138 Å². The first-order chi connectivity index (χ1) is 11.1. The summed E-state index contributed by atoms with van der Waals surface area (Å²) in [7, 11) is 0. The van der Waals surface area contributed by atoms with E-state index in [1.165, 1.54) is 11.3 Å². The van der Waals surface area contributed by atoms with Gasteiger partial charge in [-0.2, -0.15) is 0 Å². The highest BCUT2D eigenvalue weighted by molar-refractivity contribution is 7.12. The van der Waals surface area contributed by atoms with E-state index in [1.54, 1.807) is 17.5 Å². The fourth-order valence-electron chi connectivity index (χ4n) is 2.09. The van der Waals surface area contributed by atoms with Crippen molar-refractivity contribution in [3.63, 3.8) is 0 Å². The minimum atomic E-state index is -0.639.